The Labute approximate surface area is 114 Å². The fraction of sp³-hybridized carbons (Fsp3) is 0.438. The Hall–Kier alpha value is -1.77. The number of carbonyl (C=O) groups is 1. The number of para-hydroxylation sites is 1. The Bertz CT molecular complexity index is 567. The third-order valence-corrected chi connectivity index (χ3v) is 3.73. The monoisotopic (exact) mass is 258 g/mol. The van der Waals surface area contributed by atoms with Crippen molar-refractivity contribution in [2.75, 3.05) is 13.1 Å². The number of aromatic nitrogens is 1. The normalized spacial score (nSPS) is 10.9. The van der Waals surface area contributed by atoms with Crippen LogP contribution in [0.25, 0.3) is 10.9 Å². The van der Waals surface area contributed by atoms with Crippen LogP contribution in [-0.4, -0.2) is 28.9 Å². The molecular formula is C16H22N2O. The zero-order chi connectivity index (χ0) is 13.8. The number of amides is 1. The molecule has 0 bridgehead atoms. The van der Waals surface area contributed by atoms with Gasteiger partial charge in [-0.25, -0.2) is 0 Å². The van der Waals surface area contributed by atoms with Crippen LogP contribution in [0.15, 0.2) is 24.4 Å². The lowest BCUT2D eigenvalue weighted by Crippen LogP contribution is -2.30. The lowest BCUT2D eigenvalue weighted by molar-refractivity contribution is -0.130. The molecular weight excluding hydrogens is 236 g/mol. The molecule has 0 saturated heterocycles. The van der Waals surface area contributed by atoms with Crippen molar-refractivity contribution >= 4 is 16.8 Å². The summed E-state index contributed by atoms with van der Waals surface area (Å²) in [7, 11) is 0. The molecule has 2 rings (SSSR count). The predicted octanol–water partition coefficient (Wildman–Crippen LogP) is 3.28. The Kier molecular flexibility index (Phi) is 4.25. The largest absolute Gasteiger partial charge is 0.361 e. The summed E-state index contributed by atoms with van der Waals surface area (Å²) in [5.41, 5.74) is 3.67. The van der Waals surface area contributed by atoms with Gasteiger partial charge in [-0.05, 0) is 38.3 Å². The van der Waals surface area contributed by atoms with E-state index in [1.165, 1.54) is 22.0 Å². The van der Waals surface area contributed by atoms with E-state index in [-0.39, 0.29) is 5.91 Å². The van der Waals surface area contributed by atoms with Crippen LogP contribution in [0.1, 0.15) is 31.4 Å². The number of aryl methyl sites for hydroxylation is 2. The van der Waals surface area contributed by atoms with E-state index in [1.807, 2.05) is 24.9 Å². The third kappa shape index (κ3) is 2.80. The molecule has 0 saturated carbocycles. The molecule has 1 aromatic carbocycles. The van der Waals surface area contributed by atoms with E-state index >= 15 is 0 Å². The fourth-order valence-electron chi connectivity index (χ4n) is 2.55. The van der Waals surface area contributed by atoms with E-state index in [2.05, 4.69) is 30.1 Å². The highest BCUT2D eigenvalue weighted by Gasteiger charge is 2.11. The summed E-state index contributed by atoms with van der Waals surface area (Å²) < 4.78 is 0. The van der Waals surface area contributed by atoms with Crippen LogP contribution in [0, 0.1) is 6.92 Å². The molecule has 1 aromatic heterocycles. The van der Waals surface area contributed by atoms with Crippen molar-refractivity contribution < 1.29 is 4.79 Å². The fourth-order valence-corrected chi connectivity index (χ4v) is 2.55. The van der Waals surface area contributed by atoms with Crippen LogP contribution in [0.4, 0.5) is 0 Å². The smallest absolute Gasteiger partial charge is 0.222 e. The maximum Gasteiger partial charge on any atom is 0.222 e. The first-order valence-electron chi connectivity index (χ1n) is 7.00. The summed E-state index contributed by atoms with van der Waals surface area (Å²) in [5, 5.41) is 1.24. The lowest BCUT2D eigenvalue weighted by Gasteiger charge is -2.18. The highest BCUT2D eigenvalue weighted by Crippen LogP contribution is 2.22. The molecule has 0 unspecified atom stereocenters. The predicted molar refractivity (Wildman–Crippen MR) is 79.3 cm³/mol. The zero-order valence-electron chi connectivity index (χ0n) is 12.0. The number of nitrogens with zero attached hydrogens (tertiary/aromatic N) is 1. The SMILES string of the molecule is CCN(CC)C(=O)CCc1c[nH]c2c(C)cccc12. The quantitative estimate of drug-likeness (QED) is 0.877. The van der Waals surface area contributed by atoms with Crippen molar-refractivity contribution in [2.45, 2.75) is 33.6 Å². The van der Waals surface area contributed by atoms with Gasteiger partial charge in [-0.15, -0.1) is 0 Å². The minimum Gasteiger partial charge on any atom is -0.361 e. The summed E-state index contributed by atoms with van der Waals surface area (Å²) in [5.74, 6) is 0.243. The molecule has 0 aliphatic heterocycles. The highest BCUT2D eigenvalue weighted by atomic mass is 16.2. The maximum absolute atomic E-state index is 12.0. The molecule has 3 nitrogen and oxygen atoms in total. The van der Waals surface area contributed by atoms with Crippen molar-refractivity contribution in [2.24, 2.45) is 0 Å². The Morgan fingerprint density at radius 1 is 1.26 bits per heavy atom. The van der Waals surface area contributed by atoms with Gasteiger partial charge >= 0.3 is 0 Å². The van der Waals surface area contributed by atoms with Gasteiger partial charge < -0.3 is 9.88 Å². The van der Waals surface area contributed by atoms with Gasteiger partial charge in [0.25, 0.3) is 0 Å². The first kappa shape index (κ1) is 13.7. The van der Waals surface area contributed by atoms with E-state index in [9.17, 15) is 4.79 Å². The number of hydrogen-bond acceptors (Lipinski definition) is 1. The van der Waals surface area contributed by atoms with Crippen molar-refractivity contribution in [1.82, 2.24) is 9.88 Å². The number of benzene rings is 1. The van der Waals surface area contributed by atoms with E-state index in [0.29, 0.717) is 6.42 Å². The second-order valence-corrected chi connectivity index (χ2v) is 4.88. The van der Waals surface area contributed by atoms with Gasteiger partial charge in [0, 0.05) is 36.6 Å². The van der Waals surface area contributed by atoms with E-state index in [0.717, 1.165) is 19.5 Å². The molecule has 1 amide bonds. The molecule has 0 atom stereocenters. The molecule has 0 radical (unpaired) electrons. The van der Waals surface area contributed by atoms with Gasteiger partial charge in [0.2, 0.25) is 5.91 Å². The average molecular weight is 258 g/mol. The summed E-state index contributed by atoms with van der Waals surface area (Å²) >= 11 is 0. The third-order valence-electron chi connectivity index (χ3n) is 3.73. The average Bonchev–Trinajstić information content (AvgIpc) is 2.82. The Balaban J connectivity index is 2.10. The standard InChI is InChI=1S/C16H22N2O/c1-4-18(5-2)15(19)10-9-13-11-17-16-12(3)7-6-8-14(13)16/h6-8,11,17H,4-5,9-10H2,1-3H3. The lowest BCUT2D eigenvalue weighted by atomic mass is 10.1. The summed E-state index contributed by atoms with van der Waals surface area (Å²) in [6, 6.07) is 6.29. The van der Waals surface area contributed by atoms with Gasteiger partial charge in [-0.2, -0.15) is 0 Å². The number of aromatic amines is 1. The first-order valence-corrected chi connectivity index (χ1v) is 7.00. The van der Waals surface area contributed by atoms with Crippen LogP contribution < -0.4 is 0 Å². The minimum absolute atomic E-state index is 0.243. The topological polar surface area (TPSA) is 36.1 Å². The number of fused-ring (bicyclic) bond motifs is 1. The zero-order valence-corrected chi connectivity index (χ0v) is 12.0. The van der Waals surface area contributed by atoms with Gasteiger partial charge in [0.15, 0.2) is 0 Å². The van der Waals surface area contributed by atoms with Gasteiger partial charge in [-0.1, -0.05) is 18.2 Å². The summed E-state index contributed by atoms with van der Waals surface area (Å²) in [6.45, 7) is 7.74. The molecule has 1 heterocycles. The van der Waals surface area contributed by atoms with Gasteiger partial charge in [0.1, 0.15) is 0 Å². The Morgan fingerprint density at radius 3 is 2.68 bits per heavy atom. The van der Waals surface area contributed by atoms with E-state index in [4.69, 9.17) is 0 Å². The molecule has 2 aromatic rings. The van der Waals surface area contributed by atoms with Gasteiger partial charge in [0.05, 0.1) is 0 Å². The van der Waals surface area contributed by atoms with Crippen LogP contribution in [0.5, 0.6) is 0 Å². The van der Waals surface area contributed by atoms with Crippen molar-refractivity contribution in [3.05, 3.63) is 35.5 Å². The number of H-pyrrole nitrogens is 1. The van der Waals surface area contributed by atoms with Crippen LogP contribution in [-0.2, 0) is 11.2 Å². The number of rotatable bonds is 5. The summed E-state index contributed by atoms with van der Waals surface area (Å²) in [4.78, 5) is 17.2. The molecule has 1 N–H and O–H groups in total. The van der Waals surface area contributed by atoms with Crippen LogP contribution >= 0.6 is 0 Å². The Morgan fingerprint density at radius 2 is 2.00 bits per heavy atom. The maximum atomic E-state index is 12.0. The van der Waals surface area contributed by atoms with E-state index in [1.54, 1.807) is 0 Å². The minimum atomic E-state index is 0.243. The van der Waals surface area contributed by atoms with E-state index < -0.39 is 0 Å². The molecule has 0 aliphatic rings. The molecule has 19 heavy (non-hydrogen) atoms. The first-order chi connectivity index (χ1) is 9.17. The van der Waals surface area contributed by atoms with Crippen LogP contribution in [0.2, 0.25) is 0 Å². The highest BCUT2D eigenvalue weighted by molar-refractivity contribution is 5.86. The molecule has 0 fully saturated rings. The van der Waals surface area contributed by atoms with Crippen molar-refractivity contribution in [3.63, 3.8) is 0 Å². The van der Waals surface area contributed by atoms with Crippen LogP contribution in [0.3, 0.4) is 0 Å². The second kappa shape index (κ2) is 5.91. The van der Waals surface area contributed by atoms with Crippen molar-refractivity contribution in [1.29, 1.82) is 0 Å². The summed E-state index contributed by atoms with van der Waals surface area (Å²) in [6.07, 6.45) is 3.43. The number of carbonyl (C=O) groups excluding carboxylic acids is 1. The molecule has 0 aliphatic carbocycles. The van der Waals surface area contributed by atoms with Gasteiger partial charge in [-0.3, -0.25) is 4.79 Å². The van der Waals surface area contributed by atoms with Crippen molar-refractivity contribution in [3.8, 4) is 0 Å². The molecule has 0 spiro atoms. The molecule has 3 heteroatoms. The molecule has 102 valence electrons. The number of hydrogen-bond donors (Lipinski definition) is 1. The second-order valence-electron chi connectivity index (χ2n) is 4.88. The number of nitrogens with one attached hydrogen (secondary N) is 1.